The standard InChI is InChI=1S/C15H25NO3/c1-15(2,3)16-11-12-6-7-13(14(10-12)18-5)19-9-8-17-4/h6-7,10,16H,8-9,11H2,1-5H3. The van der Waals surface area contributed by atoms with Crippen LogP contribution in [0.1, 0.15) is 26.3 Å². The molecular weight excluding hydrogens is 242 g/mol. The van der Waals surface area contributed by atoms with Crippen LogP contribution in [-0.4, -0.2) is 33.0 Å². The molecule has 0 radical (unpaired) electrons. The molecule has 0 aliphatic heterocycles. The zero-order valence-corrected chi connectivity index (χ0v) is 12.6. The fraction of sp³-hybridized carbons (Fsp3) is 0.600. The molecule has 0 unspecified atom stereocenters. The molecule has 1 aromatic carbocycles. The zero-order valence-electron chi connectivity index (χ0n) is 12.6. The van der Waals surface area contributed by atoms with Gasteiger partial charge < -0.3 is 19.5 Å². The molecule has 0 spiro atoms. The van der Waals surface area contributed by atoms with E-state index in [2.05, 4.69) is 26.1 Å². The fourth-order valence-corrected chi connectivity index (χ4v) is 1.54. The maximum atomic E-state index is 5.60. The van der Waals surface area contributed by atoms with E-state index in [1.165, 1.54) is 5.56 Å². The molecule has 0 bridgehead atoms. The summed E-state index contributed by atoms with van der Waals surface area (Å²) in [6, 6.07) is 5.98. The zero-order chi connectivity index (χ0) is 14.3. The summed E-state index contributed by atoms with van der Waals surface area (Å²) in [5.41, 5.74) is 1.27. The van der Waals surface area contributed by atoms with Crippen LogP contribution in [0, 0.1) is 0 Å². The van der Waals surface area contributed by atoms with E-state index in [4.69, 9.17) is 14.2 Å². The Balaban J connectivity index is 2.67. The molecule has 0 saturated heterocycles. The number of rotatable bonds is 7. The monoisotopic (exact) mass is 267 g/mol. The van der Waals surface area contributed by atoms with Gasteiger partial charge in [0.15, 0.2) is 11.5 Å². The summed E-state index contributed by atoms with van der Waals surface area (Å²) >= 11 is 0. The van der Waals surface area contributed by atoms with E-state index >= 15 is 0 Å². The maximum Gasteiger partial charge on any atom is 0.161 e. The molecule has 1 rings (SSSR count). The van der Waals surface area contributed by atoms with Crippen molar-refractivity contribution in [2.75, 3.05) is 27.4 Å². The Morgan fingerprint density at radius 3 is 2.37 bits per heavy atom. The molecule has 0 aliphatic rings. The number of benzene rings is 1. The van der Waals surface area contributed by atoms with Gasteiger partial charge in [-0.3, -0.25) is 0 Å². The lowest BCUT2D eigenvalue weighted by molar-refractivity contribution is 0.144. The highest BCUT2D eigenvalue weighted by Crippen LogP contribution is 2.28. The Bertz CT molecular complexity index is 385. The summed E-state index contributed by atoms with van der Waals surface area (Å²) in [6.45, 7) is 8.33. The molecular formula is C15H25NO3. The molecule has 0 saturated carbocycles. The van der Waals surface area contributed by atoms with Gasteiger partial charge in [0.2, 0.25) is 0 Å². The maximum absolute atomic E-state index is 5.60. The second-order valence-corrected chi connectivity index (χ2v) is 5.43. The average molecular weight is 267 g/mol. The van der Waals surface area contributed by atoms with E-state index in [1.807, 2.05) is 18.2 Å². The highest BCUT2D eigenvalue weighted by atomic mass is 16.5. The second-order valence-electron chi connectivity index (χ2n) is 5.43. The van der Waals surface area contributed by atoms with E-state index < -0.39 is 0 Å². The molecule has 1 N–H and O–H groups in total. The molecule has 1 aromatic rings. The van der Waals surface area contributed by atoms with Gasteiger partial charge in [-0.2, -0.15) is 0 Å². The molecule has 4 nitrogen and oxygen atoms in total. The number of nitrogens with one attached hydrogen (secondary N) is 1. The Labute approximate surface area is 116 Å². The third-order valence-electron chi connectivity index (χ3n) is 2.60. The first-order valence-electron chi connectivity index (χ1n) is 6.50. The SMILES string of the molecule is COCCOc1ccc(CNC(C)(C)C)cc1OC. The summed E-state index contributed by atoms with van der Waals surface area (Å²) in [5.74, 6) is 1.50. The van der Waals surface area contributed by atoms with Gasteiger partial charge in [0.05, 0.1) is 13.7 Å². The number of hydrogen-bond donors (Lipinski definition) is 1. The van der Waals surface area contributed by atoms with Crippen molar-refractivity contribution in [1.82, 2.24) is 5.32 Å². The number of methoxy groups -OCH3 is 2. The van der Waals surface area contributed by atoms with Crippen LogP contribution >= 0.6 is 0 Å². The summed E-state index contributed by atoms with van der Waals surface area (Å²) in [7, 11) is 3.31. The number of hydrogen-bond acceptors (Lipinski definition) is 4. The largest absolute Gasteiger partial charge is 0.493 e. The minimum absolute atomic E-state index is 0.0981. The lowest BCUT2D eigenvalue weighted by atomic mass is 10.1. The lowest BCUT2D eigenvalue weighted by Crippen LogP contribution is -2.35. The highest BCUT2D eigenvalue weighted by Gasteiger charge is 2.10. The minimum atomic E-state index is 0.0981. The molecule has 0 fully saturated rings. The van der Waals surface area contributed by atoms with Crippen LogP contribution in [0.4, 0.5) is 0 Å². The van der Waals surface area contributed by atoms with E-state index in [1.54, 1.807) is 14.2 Å². The van der Waals surface area contributed by atoms with Gasteiger partial charge in [-0.1, -0.05) is 6.07 Å². The third-order valence-corrected chi connectivity index (χ3v) is 2.60. The smallest absolute Gasteiger partial charge is 0.161 e. The van der Waals surface area contributed by atoms with Crippen LogP contribution in [0.2, 0.25) is 0 Å². The highest BCUT2D eigenvalue weighted by molar-refractivity contribution is 5.43. The van der Waals surface area contributed by atoms with E-state index in [-0.39, 0.29) is 5.54 Å². The van der Waals surface area contributed by atoms with Gasteiger partial charge in [-0.15, -0.1) is 0 Å². The first-order valence-corrected chi connectivity index (χ1v) is 6.50. The van der Waals surface area contributed by atoms with Gasteiger partial charge >= 0.3 is 0 Å². The van der Waals surface area contributed by atoms with E-state index in [0.29, 0.717) is 13.2 Å². The Hall–Kier alpha value is -1.26. The molecule has 0 aliphatic carbocycles. The molecule has 19 heavy (non-hydrogen) atoms. The molecule has 0 heterocycles. The van der Waals surface area contributed by atoms with Crippen molar-refractivity contribution in [2.45, 2.75) is 32.9 Å². The average Bonchev–Trinajstić information content (AvgIpc) is 2.36. The van der Waals surface area contributed by atoms with E-state index in [0.717, 1.165) is 18.0 Å². The predicted molar refractivity (Wildman–Crippen MR) is 77.0 cm³/mol. The van der Waals surface area contributed by atoms with Gasteiger partial charge in [-0.05, 0) is 38.5 Å². The van der Waals surface area contributed by atoms with Crippen LogP contribution in [0.3, 0.4) is 0 Å². The molecule has 4 heteroatoms. The second kappa shape index (κ2) is 7.36. The van der Waals surface area contributed by atoms with Gasteiger partial charge in [-0.25, -0.2) is 0 Å². The number of ether oxygens (including phenoxy) is 3. The van der Waals surface area contributed by atoms with Gasteiger partial charge in [0.1, 0.15) is 6.61 Å². The van der Waals surface area contributed by atoms with E-state index in [9.17, 15) is 0 Å². The van der Waals surface area contributed by atoms with Crippen molar-refractivity contribution >= 4 is 0 Å². The van der Waals surface area contributed by atoms with Gasteiger partial charge in [0, 0.05) is 19.2 Å². The topological polar surface area (TPSA) is 39.7 Å². The Morgan fingerprint density at radius 2 is 1.79 bits per heavy atom. The lowest BCUT2D eigenvalue weighted by Gasteiger charge is -2.21. The normalized spacial score (nSPS) is 11.4. The summed E-state index contributed by atoms with van der Waals surface area (Å²) in [4.78, 5) is 0. The van der Waals surface area contributed by atoms with Crippen molar-refractivity contribution < 1.29 is 14.2 Å². The Kier molecular flexibility index (Phi) is 6.12. The minimum Gasteiger partial charge on any atom is -0.493 e. The first kappa shape index (κ1) is 15.8. The summed E-state index contributed by atoms with van der Waals surface area (Å²) in [6.07, 6.45) is 0. The van der Waals surface area contributed by atoms with Crippen molar-refractivity contribution in [2.24, 2.45) is 0 Å². The van der Waals surface area contributed by atoms with Crippen LogP contribution in [-0.2, 0) is 11.3 Å². The molecule has 108 valence electrons. The first-order chi connectivity index (χ1) is 8.96. The van der Waals surface area contributed by atoms with Crippen molar-refractivity contribution in [3.63, 3.8) is 0 Å². The summed E-state index contributed by atoms with van der Waals surface area (Å²) in [5, 5.41) is 3.44. The molecule has 0 amide bonds. The molecule has 0 atom stereocenters. The van der Waals surface area contributed by atoms with Crippen molar-refractivity contribution in [3.05, 3.63) is 23.8 Å². The van der Waals surface area contributed by atoms with Gasteiger partial charge in [0.25, 0.3) is 0 Å². The van der Waals surface area contributed by atoms with Crippen molar-refractivity contribution in [3.8, 4) is 11.5 Å². The summed E-state index contributed by atoms with van der Waals surface area (Å²) < 4.78 is 15.9. The van der Waals surface area contributed by atoms with Crippen LogP contribution in [0.5, 0.6) is 11.5 Å². The van der Waals surface area contributed by atoms with Crippen LogP contribution in [0.25, 0.3) is 0 Å². The van der Waals surface area contributed by atoms with Crippen LogP contribution < -0.4 is 14.8 Å². The predicted octanol–water partition coefficient (Wildman–Crippen LogP) is 2.61. The van der Waals surface area contributed by atoms with Crippen LogP contribution in [0.15, 0.2) is 18.2 Å². The fourth-order valence-electron chi connectivity index (χ4n) is 1.54. The quantitative estimate of drug-likeness (QED) is 0.771. The van der Waals surface area contributed by atoms with Crippen molar-refractivity contribution in [1.29, 1.82) is 0 Å². The molecule has 0 aromatic heterocycles. The Morgan fingerprint density at radius 1 is 1.05 bits per heavy atom. The third kappa shape index (κ3) is 5.94.